The van der Waals surface area contributed by atoms with Crippen molar-refractivity contribution < 1.29 is 9.84 Å². The minimum atomic E-state index is 0.107. The highest BCUT2D eigenvalue weighted by Crippen LogP contribution is 2.27. The van der Waals surface area contributed by atoms with Crippen molar-refractivity contribution in [2.45, 2.75) is 0 Å². The van der Waals surface area contributed by atoms with Crippen molar-refractivity contribution >= 4 is 21.6 Å². The van der Waals surface area contributed by atoms with Crippen LogP contribution in [0.3, 0.4) is 0 Å². The number of rotatable bonds is 4. The number of aliphatic hydroxyl groups is 1. The van der Waals surface area contributed by atoms with Gasteiger partial charge in [-0.05, 0) is 18.2 Å². The maximum atomic E-state index is 8.65. The number of ether oxygens (including phenoxy) is 1. The Balaban J connectivity index is 2.81. The van der Waals surface area contributed by atoms with Gasteiger partial charge in [0.05, 0.1) is 19.4 Å². The standard InChI is InChI=1S/C9H12BrNO2/c1-13-9-3-2-7(10)6-8(9)11-4-5-12/h2-3,6,11-12H,4-5H2,1H3. The van der Waals surface area contributed by atoms with Crippen LogP contribution in [-0.4, -0.2) is 25.4 Å². The second-order valence-electron chi connectivity index (χ2n) is 2.49. The van der Waals surface area contributed by atoms with Crippen molar-refractivity contribution in [3.63, 3.8) is 0 Å². The number of halogens is 1. The highest BCUT2D eigenvalue weighted by Gasteiger charge is 2.01. The van der Waals surface area contributed by atoms with E-state index in [-0.39, 0.29) is 6.61 Å². The van der Waals surface area contributed by atoms with Gasteiger partial charge in [-0.1, -0.05) is 15.9 Å². The van der Waals surface area contributed by atoms with Gasteiger partial charge in [-0.2, -0.15) is 0 Å². The number of anilines is 1. The normalized spacial score (nSPS) is 9.77. The Morgan fingerprint density at radius 3 is 2.92 bits per heavy atom. The van der Waals surface area contributed by atoms with E-state index in [1.54, 1.807) is 7.11 Å². The first kappa shape index (κ1) is 10.3. The van der Waals surface area contributed by atoms with Gasteiger partial charge in [0.25, 0.3) is 0 Å². The second-order valence-corrected chi connectivity index (χ2v) is 3.41. The van der Waals surface area contributed by atoms with Crippen LogP contribution in [0.2, 0.25) is 0 Å². The number of hydrogen-bond donors (Lipinski definition) is 2. The quantitative estimate of drug-likeness (QED) is 0.852. The molecular formula is C9H12BrNO2. The van der Waals surface area contributed by atoms with Crippen LogP contribution in [0.5, 0.6) is 5.75 Å². The van der Waals surface area contributed by atoms with E-state index in [4.69, 9.17) is 9.84 Å². The topological polar surface area (TPSA) is 41.5 Å². The number of methoxy groups -OCH3 is 1. The molecule has 0 aromatic heterocycles. The Hall–Kier alpha value is -0.740. The molecule has 1 aromatic rings. The Bertz CT molecular complexity index is 278. The molecule has 0 saturated heterocycles. The lowest BCUT2D eigenvalue weighted by molar-refractivity contribution is 0.311. The maximum absolute atomic E-state index is 8.65. The van der Waals surface area contributed by atoms with E-state index in [0.717, 1.165) is 15.9 Å². The summed E-state index contributed by atoms with van der Waals surface area (Å²) in [6, 6.07) is 5.68. The number of nitrogens with one attached hydrogen (secondary N) is 1. The third kappa shape index (κ3) is 2.90. The van der Waals surface area contributed by atoms with Crippen LogP contribution >= 0.6 is 15.9 Å². The Kier molecular flexibility index (Phi) is 4.05. The molecular weight excluding hydrogens is 234 g/mol. The molecule has 0 radical (unpaired) electrons. The molecule has 4 heteroatoms. The van der Waals surface area contributed by atoms with Gasteiger partial charge < -0.3 is 15.2 Å². The summed E-state index contributed by atoms with van der Waals surface area (Å²) in [4.78, 5) is 0. The predicted molar refractivity (Wildman–Crippen MR) is 56.3 cm³/mol. The van der Waals surface area contributed by atoms with Gasteiger partial charge in [-0.3, -0.25) is 0 Å². The molecule has 0 aliphatic rings. The smallest absolute Gasteiger partial charge is 0.142 e. The highest BCUT2D eigenvalue weighted by molar-refractivity contribution is 9.10. The lowest BCUT2D eigenvalue weighted by Crippen LogP contribution is -2.06. The third-order valence-corrected chi connectivity index (χ3v) is 2.08. The number of hydrogen-bond acceptors (Lipinski definition) is 3. The average molecular weight is 246 g/mol. The van der Waals surface area contributed by atoms with E-state index in [1.807, 2.05) is 18.2 Å². The van der Waals surface area contributed by atoms with Gasteiger partial charge in [0, 0.05) is 11.0 Å². The molecule has 3 nitrogen and oxygen atoms in total. The first-order chi connectivity index (χ1) is 6.27. The molecule has 72 valence electrons. The van der Waals surface area contributed by atoms with E-state index in [2.05, 4.69) is 21.2 Å². The van der Waals surface area contributed by atoms with Gasteiger partial charge in [-0.25, -0.2) is 0 Å². The molecule has 0 bridgehead atoms. The Morgan fingerprint density at radius 1 is 1.54 bits per heavy atom. The monoisotopic (exact) mass is 245 g/mol. The highest BCUT2D eigenvalue weighted by atomic mass is 79.9. The molecule has 0 spiro atoms. The van der Waals surface area contributed by atoms with E-state index in [9.17, 15) is 0 Å². The van der Waals surface area contributed by atoms with Gasteiger partial charge in [0.1, 0.15) is 5.75 Å². The summed E-state index contributed by atoms with van der Waals surface area (Å²) in [7, 11) is 1.62. The fourth-order valence-electron chi connectivity index (χ4n) is 1.01. The molecule has 0 aliphatic heterocycles. The predicted octanol–water partition coefficient (Wildman–Crippen LogP) is 1.86. The molecule has 0 saturated carbocycles. The number of aliphatic hydroxyl groups excluding tert-OH is 1. The molecule has 0 unspecified atom stereocenters. The van der Waals surface area contributed by atoms with Crippen LogP contribution in [0.15, 0.2) is 22.7 Å². The van der Waals surface area contributed by atoms with Crippen LogP contribution in [0, 0.1) is 0 Å². The van der Waals surface area contributed by atoms with Crippen LogP contribution in [-0.2, 0) is 0 Å². The summed E-state index contributed by atoms with van der Waals surface area (Å²) in [5, 5.41) is 11.7. The molecule has 13 heavy (non-hydrogen) atoms. The SMILES string of the molecule is COc1ccc(Br)cc1NCCO. The van der Waals surface area contributed by atoms with Crippen molar-refractivity contribution in [1.82, 2.24) is 0 Å². The summed E-state index contributed by atoms with van der Waals surface area (Å²) in [5.74, 6) is 0.775. The average Bonchev–Trinajstić information content (AvgIpc) is 2.15. The molecule has 0 amide bonds. The molecule has 0 heterocycles. The summed E-state index contributed by atoms with van der Waals surface area (Å²) in [6.07, 6.45) is 0. The van der Waals surface area contributed by atoms with Gasteiger partial charge in [0.15, 0.2) is 0 Å². The fraction of sp³-hybridized carbons (Fsp3) is 0.333. The summed E-state index contributed by atoms with van der Waals surface area (Å²) in [6.45, 7) is 0.627. The summed E-state index contributed by atoms with van der Waals surface area (Å²) in [5.41, 5.74) is 0.880. The molecule has 2 N–H and O–H groups in total. The molecule has 0 atom stereocenters. The second kappa shape index (κ2) is 5.09. The molecule has 1 rings (SSSR count). The van der Waals surface area contributed by atoms with E-state index in [1.165, 1.54) is 0 Å². The zero-order chi connectivity index (χ0) is 9.68. The van der Waals surface area contributed by atoms with Crippen LogP contribution in [0.4, 0.5) is 5.69 Å². The van der Waals surface area contributed by atoms with Gasteiger partial charge in [-0.15, -0.1) is 0 Å². The lowest BCUT2D eigenvalue weighted by atomic mass is 10.3. The number of benzene rings is 1. The van der Waals surface area contributed by atoms with Crippen LogP contribution in [0.1, 0.15) is 0 Å². The van der Waals surface area contributed by atoms with Crippen LogP contribution in [0.25, 0.3) is 0 Å². The zero-order valence-corrected chi connectivity index (χ0v) is 8.97. The van der Waals surface area contributed by atoms with E-state index < -0.39 is 0 Å². The van der Waals surface area contributed by atoms with E-state index in [0.29, 0.717) is 6.54 Å². The zero-order valence-electron chi connectivity index (χ0n) is 7.38. The molecule has 1 aromatic carbocycles. The third-order valence-electron chi connectivity index (χ3n) is 1.59. The maximum Gasteiger partial charge on any atom is 0.142 e. The summed E-state index contributed by atoms with van der Waals surface area (Å²) >= 11 is 3.36. The minimum Gasteiger partial charge on any atom is -0.495 e. The first-order valence-electron chi connectivity index (χ1n) is 3.96. The molecule has 0 fully saturated rings. The fourth-order valence-corrected chi connectivity index (χ4v) is 1.37. The van der Waals surface area contributed by atoms with Gasteiger partial charge in [0.2, 0.25) is 0 Å². The largest absolute Gasteiger partial charge is 0.495 e. The van der Waals surface area contributed by atoms with Gasteiger partial charge >= 0.3 is 0 Å². The van der Waals surface area contributed by atoms with Crippen molar-refractivity contribution in [3.05, 3.63) is 22.7 Å². The van der Waals surface area contributed by atoms with Crippen molar-refractivity contribution in [1.29, 1.82) is 0 Å². The minimum absolute atomic E-state index is 0.107. The van der Waals surface area contributed by atoms with Crippen molar-refractivity contribution in [2.24, 2.45) is 0 Å². The lowest BCUT2D eigenvalue weighted by Gasteiger charge is -2.10. The Labute approximate surface area is 85.9 Å². The summed E-state index contributed by atoms with van der Waals surface area (Å²) < 4.78 is 6.11. The van der Waals surface area contributed by atoms with Crippen molar-refractivity contribution in [2.75, 3.05) is 25.6 Å². The van der Waals surface area contributed by atoms with Crippen molar-refractivity contribution in [3.8, 4) is 5.75 Å². The van der Waals surface area contributed by atoms with E-state index >= 15 is 0 Å². The van der Waals surface area contributed by atoms with Crippen LogP contribution < -0.4 is 10.1 Å². The Morgan fingerprint density at radius 2 is 2.31 bits per heavy atom. The molecule has 0 aliphatic carbocycles. The first-order valence-corrected chi connectivity index (χ1v) is 4.75.